The van der Waals surface area contributed by atoms with Crippen molar-refractivity contribution in [3.63, 3.8) is 0 Å². The molecule has 3 aliphatic rings. The number of amides is 1. The Morgan fingerprint density at radius 2 is 1.94 bits per heavy atom. The Labute approximate surface area is 187 Å². The molecule has 4 rings (SSSR count). The zero-order valence-corrected chi connectivity index (χ0v) is 19.3. The van der Waals surface area contributed by atoms with Crippen LogP contribution in [0.4, 0.5) is 5.82 Å². The van der Waals surface area contributed by atoms with Crippen molar-refractivity contribution in [1.82, 2.24) is 20.1 Å². The molecule has 1 atom stereocenters. The molecule has 0 radical (unpaired) electrons. The minimum absolute atomic E-state index is 0.106. The van der Waals surface area contributed by atoms with E-state index >= 15 is 0 Å². The van der Waals surface area contributed by atoms with Crippen LogP contribution in [0, 0.1) is 0 Å². The molecule has 0 saturated carbocycles. The maximum absolute atomic E-state index is 12.6. The van der Waals surface area contributed by atoms with Gasteiger partial charge in [0.2, 0.25) is 0 Å². The maximum Gasteiger partial charge on any atom is 0.270 e. The maximum atomic E-state index is 12.6. The Hall–Kier alpha value is -1.70. The zero-order chi connectivity index (χ0) is 21.6. The van der Waals surface area contributed by atoms with Crippen LogP contribution >= 0.6 is 0 Å². The number of rotatable bonds is 6. The summed E-state index contributed by atoms with van der Waals surface area (Å²) in [4.78, 5) is 24.9. The molecule has 31 heavy (non-hydrogen) atoms. The number of pyridine rings is 1. The lowest BCUT2D eigenvalue weighted by Gasteiger charge is -2.39. The van der Waals surface area contributed by atoms with E-state index in [1.165, 1.54) is 25.9 Å². The molecule has 4 heterocycles. The van der Waals surface area contributed by atoms with Gasteiger partial charge in [0.1, 0.15) is 11.5 Å². The number of nitrogens with one attached hydrogen (secondary N) is 1. The SMILES string of the molecule is CC(C)N1CCC(N2CCCN(c3cccc(C(=O)NCC4CCCO4)n3)CC2)CC1. The molecule has 1 aromatic rings. The molecule has 3 saturated heterocycles. The van der Waals surface area contributed by atoms with Gasteiger partial charge in [-0.1, -0.05) is 6.07 Å². The molecule has 0 spiro atoms. The third kappa shape index (κ3) is 5.96. The van der Waals surface area contributed by atoms with Crippen molar-refractivity contribution in [2.45, 2.75) is 64.1 Å². The van der Waals surface area contributed by atoms with Crippen LogP contribution in [0.15, 0.2) is 18.2 Å². The minimum Gasteiger partial charge on any atom is -0.376 e. The molecule has 0 aliphatic carbocycles. The smallest absolute Gasteiger partial charge is 0.270 e. The van der Waals surface area contributed by atoms with Crippen molar-refractivity contribution in [2.75, 3.05) is 57.3 Å². The number of nitrogens with zero attached hydrogens (tertiary/aromatic N) is 4. The van der Waals surface area contributed by atoms with Crippen molar-refractivity contribution in [2.24, 2.45) is 0 Å². The Bertz CT molecular complexity index is 714. The van der Waals surface area contributed by atoms with Gasteiger partial charge in [-0.15, -0.1) is 0 Å². The second-order valence-corrected chi connectivity index (χ2v) is 9.46. The molecule has 7 heteroatoms. The van der Waals surface area contributed by atoms with Crippen LogP contribution in [0.2, 0.25) is 0 Å². The van der Waals surface area contributed by atoms with Crippen LogP contribution in [0.5, 0.6) is 0 Å². The normalized spacial score (nSPS) is 24.5. The highest BCUT2D eigenvalue weighted by atomic mass is 16.5. The number of carbonyl (C=O) groups is 1. The summed E-state index contributed by atoms with van der Waals surface area (Å²) in [6.45, 7) is 12.6. The lowest BCUT2D eigenvalue weighted by Crippen LogP contribution is -2.47. The van der Waals surface area contributed by atoms with Crippen LogP contribution in [-0.2, 0) is 4.74 Å². The van der Waals surface area contributed by atoms with Crippen molar-refractivity contribution in [3.8, 4) is 0 Å². The van der Waals surface area contributed by atoms with Crippen molar-refractivity contribution < 1.29 is 9.53 Å². The summed E-state index contributed by atoms with van der Waals surface area (Å²) in [7, 11) is 0. The van der Waals surface area contributed by atoms with Gasteiger partial charge in [-0.05, 0) is 71.2 Å². The number of piperidine rings is 1. The highest BCUT2D eigenvalue weighted by Crippen LogP contribution is 2.21. The predicted molar refractivity (Wildman–Crippen MR) is 124 cm³/mol. The number of ether oxygens (including phenoxy) is 1. The lowest BCUT2D eigenvalue weighted by molar-refractivity contribution is 0.0854. The Morgan fingerprint density at radius 1 is 1.10 bits per heavy atom. The van der Waals surface area contributed by atoms with Gasteiger partial charge in [0.25, 0.3) is 5.91 Å². The summed E-state index contributed by atoms with van der Waals surface area (Å²) >= 11 is 0. The highest BCUT2D eigenvalue weighted by molar-refractivity contribution is 5.92. The summed E-state index contributed by atoms with van der Waals surface area (Å²) in [5.41, 5.74) is 0.498. The summed E-state index contributed by atoms with van der Waals surface area (Å²) in [5, 5.41) is 2.99. The molecule has 1 N–H and O–H groups in total. The number of hydrogen-bond donors (Lipinski definition) is 1. The van der Waals surface area contributed by atoms with E-state index in [0.29, 0.717) is 24.3 Å². The van der Waals surface area contributed by atoms with Crippen molar-refractivity contribution in [1.29, 1.82) is 0 Å². The fourth-order valence-electron chi connectivity index (χ4n) is 5.13. The van der Waals surface area contributed by atoms with Gasteiger partial charge >= 0.3 is 0 Å². The summed E-state index contributed by atoms with van der Waals surface area (Å²) in [6, 6.07) is 7.15. The second-order valence-electron chi connectivity index (χ2n) is 9.46. The number of aromatic nitrogens is 1. The van der Waals surface area contributed by atoms with Gasteiger partial charge < -0.3 is 19.9 Å². The first-order valence-corrected chi connectivity index (χ1v) is 12.2. The number of likely N-dealkylation sites (tertiary alicyclic amines) is 1. The van der Waals surface area contributed by atoms with E-state index in [-0.39, 0.29) is 12.0 Å². The van der Waals surface area contributed by atoms with Crippen LogP contribution in [0.25, 0.3) is 0 Å². The molecule has 3 aliphatic heterocycles. The third-order valence-corrected chi connectivity index (χ3v) is 7.08. The second kappa shape index (κ2) is 10.7. The predicted octanol–water partition coefficient (Wildman–Crippen LogP) is 2.38. The average molecular weight is 430 g/mol. The summed E-state index contributed by atoms with van der Waals surface area (Å²) < 4.78 is 5.60. The van der Waals surface area contributed by atoms with E-state index in [1.54, 1.807) is 6.07 Å². The molecule has 0 aromatic carbocycles. The molecule has 0 bridgehead atoms. The molecule has 1 amide bonds. The van der Waals surface area contributed by atoms with Gasteiger partial charge in [0.05, 0.1) is 6.10 Å². The van der Waals surface area contributed by atoms with Gasteiger partial charge in [-0.3, -0.25) is 9.69 Å². The van der Waals surface area contributed by atoms with E-state index in [0.717, 1.165) is 57.9 Å². The lowest BCUT2D eigenvalue weighted by atomic mass is 10.0. The summed E-state index contributed by atoms with van der Waals surface area (Å²) in [6.07, 6.45) is 5.94. The Kier molecular flexibility index (Phi) is 7.80. The fourth-order valence-corrected chi connectivity index (χ4v) is 5.13. The van der Waals surface area contributed by atoms with Gasteiger partial charge in [0.15, 0.2) is 0 Å². The number of anilines is 1. The van der Waals surface area contributed by atoms with E-state index < -0.39 is 0 Å². The van der Waals surface area contributed by atoms with Crippen molar-refractivity contribution >= 4 is 11.7 Å². The molecule has 3 fully saturated rings. The minimum atomic E-state index is -0.106. The molecule has 1 unspecified atom stereocenters. The Balaban J connectivity index is 1.30. The van der Waals surface area contributed by atoms with Gasteiger partial charge in [-0.2, -0.15) is 0 Å². The molecule has 7 nitrogen and oxygen atoms in total. The first-order valence-electron chi connectivity index (χ1n) is 12.2. The number of hydrogen-bond acceptors (Lipinski definition) is 6. The zero-order valence-electron chi connectivity index (χ0n) is 19.3. The molecule has 1 aromatic heterocycles. The third-order valence-electron chi connectivity index (χ3n) is 7.08. The highest BCUT2D eigenvalue weighted by Gasteiger charge is 2.27. The van der Waals surface area contributed by atoms with Gasteiger partial charge in [0, 0.05) is 51.4 Å². The van der Waals surface area contributed by atoms with Crippen molar-refractivity contribution in [3.05, 3.63) is 23.9 Å². The first kappa shape index (κ1) is 22.5. The Morgan fingerprint density at radius 3 is 2.68 bits per heavy atom. The molecular weight excluding hydrogens is 390 g/mol. The monoisotopic (exact) mass is 429 g/mol. The van der Waals surface area contributed by atoms with Crippen LogP contribution in [0.3, 0.4) is 0 Å². The quantitative estimate of drug-likeness (QED) is 0.749. The largest absolute Gasteiger partial charge is 0.376 e. The molecular formula is C24H39N5O2. The standard InChI is InChI=1S/C24H39N5O2/c1-19(2)27-13-9-20(10-14-27)28-11-5-12-29(16-15-28)23-8-3-7-22(26-23)24(30)25-18-21-6-4-17-31-21/h3,7-8,19-21H,4-6,9-18H2,1-2H3,(H,25,30). The fraction of sp³-hybridized carbons (Fsp3) is 0.750. The summed E-state index contributed by atoms with van der Waals surface area (Å²) in [5.74, 6) is 0.812. The van der Waals surface area contributed by atoms with E-state index in [4.69, 9.17) is 9.72 Å². The van der Waals surface area contributed by atoms with Crippen LogP contribution in [0.1, 0.15) is 56.4 Å². The van der Waals surface area contributed by atoms with Crippen LogP contribution in [-0.4, -0.2) is 91.3 Å². The van der Waals surface area contributed by atoms with E-state index in [9.17, 15) is 4.79 Å². The first-order chi connectivity index (χ1) is 15.1. The van der Waals surface area contributed by atoms with Gasteiger partial charge in [-0.25, -0.2) is 4.98 Å². The van der Waals surface area contributed by atoms with E-state index in [2.05, 4.69) is 33.9 Å². The van der Waals surface area contributed by atoms with E-state index in [1.807, 2.05) is 12.1 Å². The van der Waals surface area contributed by atoms with Crippen LogP contribution < -0.4 is 10.2 Å². The number of carbonyl (C=O) groups excluding carboxylic acids is 1. The average Bonchev–Trinajstić information content (AvgIpc) is 3.20. The molecule has 172 valence electrons. The topological polar surface area (TPSA) is 60.9 Å².